The molecule has 14 rings (SSSR count). The molecule has 8 aromatic rings. The molecule has 55 heavy (non-hydrogen) atoms. The molecule has 6 aliphatic carbocycles. The van der Waals surface area contributed by atoms with Gasteiger partial charge >= 0.3 is 0 Å². The van der Waals surface area contributed by atoms with Crippen molar-refractivity contribution in [1.29, 1.82) is 0 Å². The van der Waals surface area contributed by atoms with Gasteiger partial charge in [0.2, 0.25) is 0 Å². The molecule has 0 heterocycles. The molecule has 6 aliphatic rings. The lowest BCUT2D eigenvalue weighted by atomic mass is 9.42. The normalized spacial score (nSPS) is 24.8. The van der Waals surface area contributed by atoms with Crippen LogP contribution in [0.3, 0.4) is 0 Å². The Hall–Kier alpha value is -5.46. The van der Waals surface area contributed by atoms with E-state index in [4.69, 9.17) is 0 Å². The molecule has 0 heteroatoms. The van der Waals surface area contributed by atoms with E-state index in [9.17, 15) is 0 Å². The molecule has 4 saturated carbocycles. The molecule has 4 bridgehead atoms. The minimum absolute atomic E-state index is 0.0514. The molecule has 0 radical (unpaired) electrons. The van der Waals surface area contributed by atoms with Crippen molar-refractivity contribution in [1.82, 2.24) is 0 Å². The molecule has 1 spiro atoms. The highest BCUT2D eigenvalue weighted by molar-refractivity contribution is 6.22. The zero-order valence-corrected chi connectivity index (χ0v) is 31.7. The smallest absolute Gasteiger partial charge is 0.0278 e. The van der Waals surface area contributed by atoms with Gasteiger partial charge in [-0.25, -0.2) is 0 Å². The fourth-order valence-electron chi connectivity index (χ4n) is 13.8. The van der Waals surface area contributed by atoms with E-state index in [1.54, 1.807) is 11.1 Å². The lowest BCUT2D eigenvalue weighted by Gasteiger charge is -2.61. The van der Waals surface area contributed by atoms with E-state index in [0.717, 1.165) is 11.8 Å². The van der Waals surface area contributed by atoms with E-state index in [0.29, 0.717) is 11.8 Å². The zero-order valence-electron chi connectivity index (χ0n) is 31.7. The van der Waals surface area contributed by atoms with Gasteiger partial charge in [-0.2, -0.15) is 0 Å². The highest BCUT2D eigenvalue weighted by atomic mass is 14.7. The van der Waals surface area contributed by atoms with Crippen molar-refractivity contribution in [2.45, 2.75) is 56.8 Å². The monoisotopic (exact) mass is 704 g/mol. The lowest BCUT2D eigenvalue weighted by Crippen LogP contribution is -2.55. The first-order valence-corrected chi connectivity index (χ1v) is 20.9. The van der Waals surface area contributed by atoms with Crippen LogP contribution in [0.25, 0.3) is 76.8 Å². The molecule has 0 unspecified atom stereocenters. The molecule has 4 fully saturated rings. The second-order valence-electron chi connectivity index (χ2n) is 18.4. The van der Waals surface area contributed by atoms with Crippen LogP contribution < -0.4 is 0 Å². The molecule has 0 aromatic heterocycles. The van der Waals surface area contributed by atoms with Gasteiger partial charge in [0.05, 0.1) is 0 Å². The van der Waals surface area contributed by atoms with E-state index in [1.807, 2.05) is 0 Å². The summed E-state index contributed by atoms with van der Waals surface area (Å²) in [7, 11) is 0. The first-order chi connectivity index (χ1) is 27.0. The Morgan fingerprint density at radius 3 is 1.64 bits per heavy atom. The summed E-state index contributed by atoms with van der Waals surface area (Å²) in [5.74, 6) is 3.20. The molecule has 0 amide bonds. The van der Waals surface area contributed by atoms with E-state index in [-0.39, 0.29) is 10.8 Å². The van der Waals surface area contributed by atoms with Crippen LogP contribution in [0, 0.1) is 23.7 Å². The van der Waals surface area contributed by atoms with Gasteiger partial charge in [0, 0.05) is 10.8 Å². The van der Waals surface area contributed by atoms with Crippen molar-refractivity contribution in [3.63, 3.8) is 0 Å². The van der Waals surface area contributed by atoms with Crippen LogP contribution in [0.5, 0.6) is 0 Å². The highest BCUT2D eigenvalue weighted by Gasteiger charge is 2.62. The van der Waals surface area contributed by atoms with Crippen molar-refractivity contribution in [2.75, 3.05) is 0 Å². The Kier molecular flexibility index (Phi) is 5.96. The Morgan fingerprint density at radius 2 is 0.945 bits per heavy atom. The van der Waals surface area contributed by atoms with Gasteiger partial charge in [-0.1, -0.05) is 153 Å². The zero-order chi connectivity index (χ0) is 36.2. The fourth-order valence-corrected chi connectivity index (χ4v) is 13.8. The lowest BCUT2D eigenvalue weighted by molar-refractivity contribution is -0.0396. The van der Waals surface area contributed by atoms with Crippen molar-refractivity contribution < 1.29 is 0 Å². The van der Waals surface area contributed by atoms with E-state index >= 15 is 0 Å². The predicted octanol–water partition coefficient (Wildman–Crippen LogP) is 14.5. The molecule has 8 aromatic carbocycles. The van der Waals surface area contributed by atoms with E-state index in [1.165, 1.54) is 120 Å². The van der Waals surface area contributed by atoms with E-state index in [2.05, 4.69) is 159 Å². The van der Waals surface area contributed by atoms with Crippen LogP contribution in [0.15, 0.2) is 146 Å². The quantitative estimate of drug-likeness (QED) is 0.157. The maximum Gasteiger partial charge on any atom is 0.0278 e. The summed E-state index contributed by atoms with van der Waals surface area (Å²) in [5.41, 5.74) is 17.5. The molecule has 0 aliphatic heterocycles. The second-order valence-corrected chi connectivity index (χ2v) is 18.4. The van der Waals surface area contributed by atoms with Crippen molar-refractivity contribution in [3.05, 3.63) is 168 Å². The maximum atomic E-state index is 2.58. The summed E-state index contributed by atoms with van der Waals surface area (Å²) < 4.78 is 0. The number of hydrogen-bond acceptors (Lipinski definition) is 0. The molecule has 0 saturated heterocycles. The first-order valence-electron chi connectivity index (χ1n) is 20.9. The fraction of sp³-hybridized carbons (Fsp3) is 0.236. The number of hydrogen-bond donors (Lipinski definition) is 0. The van der Waals surface area contributed by atoms with E-state index < -0.39 is 0 Å². The summed E-state index contributed by atoms with van der Waals surface area (Å²) in [4.78, 5) is 0. The van der Waals surface area contributed by atoms with Crippen molar-refractivity contribution in [3.8, 4) is 44.5 Å². The van der Waals surface area contributed by atoms with Gasteiger partial charge in [0.25, 0.3) is 0 Å². The van der Waals surface area contributed by atoms with Crippen LogP contribution in [0.1, 0.15) is 68.2 Å². The third-order valence-electron chi connectivity index (χ3n) is 15.6. The molecular formula is C55H44. The van der Waals surface area contributed by atoms with Gasteiger partial charge in [0.1, 0.15) is 0 Å². The van der Waals surface area contributed by atoms with Crippen LogP contribution in [0.2, 0.25) is 0 Å². The van der Waals surface area contributed by atoms with Gasteiger partial charge in [-0.15, -0.1) is 0 Å². The largest absolute Gasteiger partial charge is 0.0619 e. The van der Waals surface area contributed by atoms with Crippen molar-refractivity contribution >= 4 is 32.3 Å². The number of fused-ring (bicyclic) bond motifs is 10. The summed E-state index contributed by atoms with van der Waals surface area (Å²) in [5, 5.41) is 8.22. The molecular weight excluding hydrogens is 661 g/mol. The SMILES string of the molecule is CC1(C)c2ccccc2-c2ccc(-c3c4ccccc4c(-c4cccc5c4C4(c6ccc7ccccc7c6-5)C5CC6CC(C5)CC4C6)c4ccccc34)cc21. The standard InChI is InChI=1S/C55H44/c1-54(2)47-21-10-9-14-39(47)40-24-22-35(31-49(40)54)50-41-15-5-7-17-43(41)51(44-18-8-6-16-42(44)50)45-19-11-20-46-52-38-13-4-3-12-34(38)23-25-48(52)55(53(45)46)36-27-32-26-33(29-36)30-37(55)28-32/h3-25,31-33,36-37H,26-30H2,1-2H3. The van der Waals surface area contributed by atoms with Crippen molar-refractivity contribution in [2.24, 2.45) is 23.7 Å². The summed E-state index contributed by atoms with van der Waals surface area (Å²) in [6, 6.07) is 56.6. The van der Waals surface area contributed by atoms with Gasteiger partial charge < -0.3 is 0 Å². The van der Waals surface area contributed by atoms with Crippen LogP contribution >= 0.6 is 0 Å². The molecule has 0 nitrogen and oxygen atoms in total. The van der Waals surface area contributed by atoms with Crippen LogP contribution in [-0.4, -0.2) is 0 Å². The molecule has 264 valence electrons. The molecule has 0 atom stereocenters. The summed E-state index contributed by atoms with van der Waals surface area (Å²) in [6.07, 6.45) is 6.99. The Morgan fingerprint density at radius 1 is 0.400 bits per heavy atom. The average molecular weight is 705 g/mol. The Balaban J connectivity index is 1.12. The third-order valence-corrected chi connectivity index (χ3v) is 15.6. The Labute approximate surface area is 323 Å². The van der Waals surface area contributed by atoms with Crippen LogP contribution in [-0.2, 0) is 10.8 Å². The van der Waals surface area contributed by atoms with Gasteiger partial charge in [-0.05, 0) is 161 Å². The summed E-state index contributed by atoms with van der Waals surface area (Å²) >= 11 is 0. The minimum atomic E-state index is -0.0514. The minimum Gasteiger partial charge on any atom is -0.0619 e. The topological polar surface area (TPSA) is 0 Å². The maximum absolute atomic E-state index is 2.58. The number of benzene rings is 8. The highest BCUT2D eigenvalue weighted by Crippen LogP contribution is 2.71. The second kappa shape index (κ2) is 10.6. The predicted molar refractivity (Wildman–Crippen MR) is 231 cm³/mol. The first kappa shape index (κ1) is 30.8. The van der Waals surface area contributed by atoms with Crippen LogP contribution in [0.4, 0.5) is 0 Å². The number of rotatable bonds is 2. The third kappa shape index (κ3) is 3.79. The van der Waals surface area contributed by atoms with Gasteiger partial charge in [-0.3, -0.25) is 0 Å². The summed E-state index contributed by atoms with van der Waals surface area (Å²) in [6.45, 7) is 4.80. The van der Waals surface area contributed by atoms with Gasteiger partial charge in [0.15, 0.2) is 0 Å². The average Bonchev–Trinajstić information content (AvgIpc) is 3.65. The Bertz CT molecular complexity index is 2890. The molecule has 0 N–H and O–H groups in total.